The van der Waals surface area contributed by atoms with Crippen LogP contribution in [0.5, 0.6) is 0 Å². The summed E-state index contributed by atoms with van der Waals surface area (Å²) in [4.78, 5) is 14.3. The van der Waals surface area contributed by atoms with Crippen molar-refractivity contribution in [3.63, 3.8) is 0 Å². The van der Waals surface area contributed by atoms with Gasteiger partial charge in [-0.3, -0.25) is 4.79 Å². The normalized spacial score (nSPS) is 16.8. The van der Waals surface area contributed by atoms with Gasteiger partial charge in [-0.25, -0.2) is 8.42 Å². The first-order valence-corrected chi connectivity index (χ1v) is 12.5. The number of hydrogen-bond acceptors (Lipinski definition) is 6. The molecular weight excluding hydrogens is 426 g/mol. The van der Waals surface area contributed by atoms with Crippen LogP contribution in [0.1, 0.15) is 30.4 Å². The molecule has 0 aromatic heterocycles. The molecule has 1 saturated heterocycles. The van der Waals surface area contributed by atoms with Crippen LogP contribution in [0.25, 0.3) is 12.2 Å². The van der Waals surface area contributed by atoms with E-state index in [1.165, 1.54) is 0 Å². The summed E-state index contributed by atoms with van der Waals surface area (Å²) in [6, 6.07) is 15.0. The van der Waals surface area contributed by atoms with E-state index in [1.54, 1.807) is 24.3 Å². The molecule has 172 valence electrons. The smallest absolute Gasteiger partial charge is 0.311 e. The molecule has 32 heavy (non-hydrogen) atoms. The Kier molecular flexibility index (Phi) is 8.47. The molecule has 2 aromatic rings. The molecule has 1 aliphatic rings. The Bertz CT molecular complexity index is 1010. The van der Waals surface area contributed by atoms with E-state index in [0.29, 0.717) is 13.2 Å². The van der Waals surface area contributed by atoms with Gasteiger partial charge in [0.15, 0.2) is 9.84 Å². The van der Waals surface area contributed by atoms with Gasteiger partial charge in [0.2, 0.25) is 0 Å². The Morgan fingerprint density at radius 1 is 1.06 bits per heavy atom. The van der Waals surface area contributed by atoms with Crippen molar-refractivity contribution in [2.24, 2.45) is 5.92 Å². The molecular formula is C25H31NO5S. The maximum atomic E-state index is 12.6. The second-order valence-corrected chi connectivity index (χ2v) is 10.3. The van der Waals surface area contributed by atoms with Crippen molar-refractivity contribution < 1.29 is 22.7 Å². The number of benzene rings is 2. The minimum atomic E-state index is -3.42. The van der Waals surface area contributed by atoms with Gasteiger partial charge in [-0.15, -0.1) is 0 Å². The van der Waals surface area contributed by atoms with Crippen molar-refractivity contribution in [1.82, 2.24) is 0 Å². The highest BCUT2D eigenvalue weighted by atomic mass is 32.2. The fraction of sp³-hybridized carbons (Fsp3) is 0.400. The topological polar surface area (TPSA) is 72.9 Å². The van der Waals surface area contributed by atoms with Gasteiger partial charge in [0.1, 0.15) is 0 Å². The number of carbonyl (C=O) groups is 1. The van der Waals surface area contributed by atoms with Crippen LogP contribution in [-0.4, -0.2) is 54.1 Å². The molecule has 6 nitrogen and oxygen atoms in total. The lowest BCUT2D eigenvalue weighted by atomic mass is 10.0. The fourth-order valence-electron chi connectivity index (χ4n) is 3.45. The molecule has 1 fully saturated rings. The van der Waals surface area contributed by atoms with Crippen LogP contribution in [0.3, 0.4) is 0 Å². The molecule has 0 bridgehead atoms. The third-order valence-electron chi connectivity index (χ3n) is 5.41. The lowest BCUT2D eigenvalue weighted by Crippen LogP contribution is -2.27. The molecule has 0 saturated carbocycles. The second kappa shape index (κ2) is 11.3. The van der Waals surface area contributed by atoms with Gasteiger partial charge < -0.3 is 14.4 Å². The standard InChI is InChI=1S/C25H31NO5S/c1-26(2)23-12-8-20(9-13-23)6-7-21-10-14-24(15-11-21)32(28,29)18-4-17-31-25(27)22-5-3-16-30-19-22/h6-15,22H,3-5,16-19H2,1-2H3. The van der Waals surface area contributed by atoms with E-state index >= 15 is 0 Å². The summed E-state index contributed by atoms with van der Waals surface area (Å²) in [5.74, 6) is -0.587. The van der Waals surface area contributed by atoms with Gasteiger partial charge in [-0.05, 0) is 54.7 Å². The average Bonchev–Trinajstić information content (AvgIpc) is 2.81. The Morgan fingerprint density at radius 3 is 2.25 bits per heavy atom. The van der Waals surface area contributed by atoms with Crippen molar-refractivity contribution in [2.75, 3.05) is 44.6 Å². The summed E-state index contributed by atoms with van der Waals surface area (Å²) in [5.41, 5.74) is 3.13. The number of anilines is 1. The third kappa shape index (κ3) is 6.93. The number of nitrogens with zero attached hydrogens (tertiary/aromatic N) is 1. The van der Waals surface area contributed by atoms with Gasteiger partial charge in [0.05, 0.1) is 29.8 Å². The molecule has 3 rings (SSSR count). The number of carbonyl (C=O) groups excluding carboxylic acids is 1. The Hall–Kier alpha value is -2.64. The number of rotatable bonds is 9. The zero-order valence-electron chi connectivity index (χ0n) is 18.7. The predicted octanol–water partition coefficient (Wildman–Crippen LogP) is 4.06. The van der Waals surface area contributed by atoms with Crippen LogP contribution in [-0.2, 0) is 24.1 Å². The van der Waals surface area contributed by atoms with Gasteiger partial charge in [0.25, 0.3) is 0 Å². The minimum Gasteiger partial charge on any atom is -0.465 e. The van der Waals surface area contributed by atoms with Crippen LogP contribution in [0.4, 0.5) is 5.69 Å². The molecule has 2 aromatic carbocycles. The van der Waals surface area contributed by atoms with Crippen LogP contribution in [0.2, 0.25) is 0 Å². The summed E-state index contributed by atoms with van der Waals surface area (Å²) < 4.78 is 35.7. The lowest BCUT2D eigenvalue weighted by Gasteiger charge is -2.20. The highest BCUT2D eigenvalue weighted by molar-refractivity contribution is 7.91. The van der Waals surface area contributed by atoms with Gasteiger partial charge in [0, 0.05) is 26.4 Å². The molecule has 0 N–H and O–H groups in total. The molecule has 0 spiro atoms. The maximum Gasteiger partial charge on any atom is 0.311 e. The van der Waals surface area contributed by atoms with E-state index in [1.807, 2.05) is 43.3 Å². The van der Waals surface area contributed by atoms with Gasteiger partial charge in [-0.1, -0.05) is 36.4 Å². The Labute approximate surface area is 190 Å². The fourth-order valence-corrected chi connectivity index (χ4v) is 4.73. The quantitative estimate of drug-likeness (QED) is 0.321. The maximum absolute atomic E-state index is 12.6. The van der Waals surface area contributed by atoms with Crippen molar-refractivity contribution in [3.8, 4) is 0 Å². The van der Waals surface area contributed by atoms with Gasteiger partial charge in [-0.2, -0.15) is 0 Å². The molecule has 0 radical (unpaired) electrons. The largest absolute Gasteiger partial charge is 0.465 e. The second-order valence-electron chi connectivity index (χ2n) is 8.14. The van der Waals surface area contributed by atoms with Crippen LogP contribution < -0.4 is 4.90 Å². The van der Waals surface area contributed by atoms with E-state index < -0.39 is 9.84 Å². The number of sulfone groups is 1. The van der Waals surface area contributed by atoms with Crippen molar-refractivity contribution in [3.05, 3.63) is 59.7 Å². The molecule has 1 unspecified atom stereocenters. The number of ether oxygens (including phenoxy) is 2. The highest BCUT2D eigenvalue weighted by Crippen LogP contribution is 2.18. The number of hydrogen-bond donors (Lipinski definition) is 0. The van der Waals surface area contributed by atoms with Crippen molar-refractivity contribution in [2.45, 2.75) is 24.2 Å². The van der Waals surface area contributed by atoms with Gasteiger partial charge >= 0.3 is 5.97 Å². The van der Waals surface area contributed by atoms with E-state index in [2.05, 4.69) is 12.1 Å². The molecule has 1 aliphatic heterocycles. The minimum absolute atomic E-state index is 0.0607. The number of esters is 1. The molecule has 0 aliphatic carbocycles. The zero-order chi connectivity index (χ0) is 23.0. The first-order valence-electron chi connectivity index (χ1n) is 10.9. The lowest BCUT2D eigenvalue weighted by molar-refractivity contribution is -0.152. The third-order valence-corrected chi connectivity index (χ3v) is 7.23. The average molecular weight is 458 g/mol. The summed E-state index contributed by atoms with van der Waals surface area (Å²) in [5, 5.41) is 0. The molecule has 1 heterocycles. The van der Waals surface area contributed by atoms with Crippen molar-refractivity contribution >= 4 is 33.6 Å². The molecule has 0 amide bonds. The zero-order valence-corrected chi connectivity index (χ0v) is 19.5. The van der Waals surface area contributed by atoms with Crippen LogP contribution in [0, 0.1) is 5.92 Å². The van der Waals surface area contributed by atoms with E-state index in [-0.39, 0.29) is 35.6 Å². The summed E-state index contributed by atoms with van der Waals surface area (Å²) in [6.07, 6.45) is 5.83. The first kappa shape index (κ1) is 24.0. The van der Waals surface area contributed by atoms with E-state index in [0.717, 1.165) is 29.7 Å². The van der Waals surface area contributed by atoms with E-state index in [4.69, 9.17) is 9.47 Å². The summed E-state index contributed by atoms with van der Waals surface area (Å²) in [7, 11) is 0.575. The highest BCUT2D eigenvalue weighted by Gasteiger charge is 2.23. The SMILES string of the molecule is CN(C)c1ccc(C=Cc2ccc(S(=O)(=O)CCCOC(=O)C3CCCOC3)cc2)cc1. The Balaban J connectivity index is 1.48. The predicted molar refractivity (Wildman–Crippen MR) is 127 cm³/mol. The monoisotopic (exact) mass is 457 g/mol. The van der Waals surface area contributed by atoms with E-state index in [9.17, 15) is 13.2 Å². The van der Waals surface area contributed by atoms with Crippen molar-refractivity contribution in [1.29, 1.82) is 0 Å². The summed E-state index contributed by atoms with van der Waals surface area (Å²) in [6.45, 7) is 1.17. The van der Waals surface area contributed by atoms with Crippen LogP contribution >= 0.6 is 0 Å². The molecule has 1 atom stereocenters. The molecule has 7 heteroatoms. The summed E-state index contributed by atoms with van der Waals surface area (Å²) >= 11 is 0. The Morgan fingerprint density at radius 2 is 1.69 bits per heavy atom. The van der Waals surface area contributed by atoms with Crippen LogP contribution in [0.15, 0.2) is 53.4 Å². The first-order chi connectivity index (χ1) is 15.3.